The number of benzene rings is 4. The molecule has 0 aromatic heterocycles. The lowest BCUT2D eigenvalue weighted by molar-refractivity contribution is 0.327. The van der Waals surface area contributed by atoms with E-state index in [0.29, 0.717) is 15.7 Å². The minimum Gasteiger partial charge on any atom is -0.492 e. The molecule has 4 aromatic rings. The van der Waals surface area contributed by atoms with E-state index in [4.69, 9.17) is 14.2 Å². The number of hydrogen-bond acceptors (Lipinski definition) is 6. The summed E-state index contributed by atoms with van der Waals surface area (Å²) in [6, 6.07) is 26.7. The van der Waals surface area contributed by atoms with Gasteiger partial charge in [0.15, 0.2) is 0 Å². The molecule has 4 aromatic carbocycles. The first kappa shape index (κ1) is 33.1. The number of rotatable bonds is 18. The Kier molecular flexibility index (Phi) is 10.6. The fourth-order valence-electron chi connectivity index (χ4n) is 5.81. The van der Waals surface area contributed by atoms with Crippen molar-refractivity contribution >= 4 is 35.3 Å². The molecule has 3 atom stereocenters. The van der Waals surface area contributed by atoms with Gasteiger partial charge in [0, 0.05) is 33.0 Å². The molecule has 3 aliphatic rings. The molecule has 246 valence electrons. The Labute approximate surface area is 298 Å². The van der Waals surface area contributed by atoms with E-state index in [1.807, 2.05) is 53.5 Å². The Bertz CT molecular complexity index is 1580. The molecular formula is C42H42O3S3. The zero-order valence-corrected chi connectivity index (χ0v) is 29.8. The number of allylic oxidation sites excluding steroid dienone is 3. The van der Waals surface area contributed by atoms with Crippen molar-refractivity contribution in [3.8, 4) is 50.6 Å². The van der Waals surface area contributed by atoms with E-state index in [1.54, 1.807) is 0 Å². The van der Waals surface area contributed by atoms with Crippen LogP contribution in [0.15, 0.2) is 111 Å². The molecule has 0 radical (unpaired) electrons. The quantitative estimate of drug-likeness (QED) is 0.0762. The first-order chi connectivity index (χ1) is 23.6. The van der Waals surface area contributed by atoms with Gasteiger partial charge in [-0.15, -0.1) is 19.7 Å². The molecule has 3 fully saturated rings. The number of ether oxygens (including phenoxy) is 3. The normalized spacial score (nSPS) is 18.9. The predicted molar refractivity (Wildman–Crippen MR) is 210 cm³/mol. The van der Waals surface area contributed by atoms with Crippen molar-refractivity contribution in [2.75, 3.05) is 37.1 Å². The Morgan fingerprint density at radius 1 is 0.458 bits per heavy atom. The standard InChI is InChI=1S/C42H42O3S3/c1-4-7-31-16-28(10-13-40(31)43-22-37-25-46-37)34-19-35(29-11-14-41(32(17-29)8-5-2)44-23-38-26-47-38)21-36(20-34)30-12-15-42(33(18-30)9-6-3)45-24-39-27-48-39/h4-6,10-21,37-39H,1-3,7-9,22-27H2. The van der Waals surface area contributed by atoms with Crippen molar-refractivity contribution in [1.29, 1.82) is 0 Å². The highest BCUT2D eigenvalue weighted by Gasteiger charge is 2.25. The highest BCUT2D eigenvalue weighted by Crippen LogP contribution is 2.39. The Morgan fingerprint density at radius 3 is 1.00 bits per heavy atom. The van der Waals surface area contributed by atoms with Crippen LogP contribution in [0, 0.1) is 0 Å². The van der Waals surface area contributed by atoms with E-state index in [-0.39, 0.29) is 0 Å². The topological polar surface area (TPSA) is 27.7 Å². The fourth-order valence-corrected chi connectivity index (χ4v) is 7.00. The molecule has 3 saturated heterocycles. The molecule has 0 saturated carbocycles. The minimum atomic E-state index is 0.617. The van der Waals surface area contributed by atoms with Gasteiger partial charge in [-0.25, -0.2) is 0 Å². The van der Waals surface area contributed by atoms with Gasteiger partial charge in [-0.05, 0) is 124 Å². The highest BCUT2D eigenvalue weighted by molar-refractivity contribution is 8.07. The number of hydrogen-bond donors (Lipinski definition) is 0. The second kappa shape index (κ2) is 15.4. The predicted octanol–water partition coefficient (Wildman–Crippen LogP) is 10.4. The van der Waals surface area contributed by atoms with Crippen molar-refractivity contribution in [3.05, 3.63) is 127 Å². The summed E-state index contributed by atoms with van der Waals surface area (Å²) < 4.78 is 18.8. The van der Waals surface area contributed by atoms with Gasteiger partial charge in [0.05, 0.1) is 0 Å². The van der Waals surface area contributed by atoms with Crippen LogP contribution in [0.3, 0.4) is 0 Å². The summed E-state index contributed by atoms with van der Waals surface area (Å²) in [6.07, 6.45) is 8.14. The van der Waals surface area contributed by atoms with Crippen LogP contribution in [-0.2, 0) is 19.3 Å². The Morgan fingerprint density at radius 2 is 0.750 bits per heavy atom. The van der Waals surface area contributed by atoms with Crippen molar-refractivity contribution in [2.45, 2.75) is 35.0 Å². The van der Waals surface area contributed by atoms with Gasteiger partial charge in [0.25, 0.3) is 0 Å². The van der Waals surface area contributed by atoms with Crippen molar-refractivity contribution in [1.82, 2.24) is 0 Å². The summed E-state index contributed by atoms with van der Waals surface area (Å²) in [5.41, 5.74) is 10.4. The van der Waals surface area contributed by atoms with Gasteiger partial charge in [-0.2, -0.15) is 35.3 Å². The molecule has 0 aliphatic carbocycles. The van der Waals surface area contributed by atoms with Crippen LogP contribution >= 0.6 is 35.3 Å². The van der Waals surface area contributed by atoms with Gasteiger partial charge < -0.3 is 14.2 Å². The Hall–Kier alpha value is -3.45. The van der Waals surface area contributed by atoms with E-state index in [2.05, 4.69) is 92.5 Å². The maximum absolute atomic E-state index is 6.25. The van der Waals surface area contributed by atoms with Crippen LogP contribution in [0.2, 0.25) is 0 Å². The molecule has 48 heavy (non-hydrogen) atoms. The van der Waals surface area contributed by atoms with E-state index in [9.17, 15) is 0 Å². The van der Waals surface area contributed by atoms with E-state index in [0.717, 1.165) is 106 Å². The van der Waals surface area contributed by atoms with Crippen LogP contribution < -0.4 is 14.2 Å². The zero-order chi connectivity index (χ0) is 32.9. The van der Waals surface area contributed by atoms with E-state index in [1.165, 1.54) is 17.3 Å². The smallest absolute Gasteiger partial charge is 0.122 e. The van der Waals surface area contributed by atoms with Crippen LogP contribution in [0.1, 0.15) is 16.7 Å². The maximum atomic E-state index is 6.25. The van der Waals surface area contributed by atoms with Crippen LogP contribution in [0.5, 0.6) is 17.2 Å². The highest BCUT2D eigenvalue weighted by atomic mass is 32.2. The molecule has 3 unspecified atom stereocenters. The van der Waals surface area contributed by atoms with E-state index < -0.39 is 0 Å². The van der Waals surface area contributed by atoms with E-state index >= 15 is 0 Å². The zero-order valence-electron chi connectivity index (χ0n) is 27.3. The Balaban J connectivity index is 1.29. The molecule has 3 nitrogen and oxygen atoms in total. The molecule has 3 aliphatic heterocycles. The largest absolute Gasteiger partial charge is 0.492 e. The summed E-state index contributed by atoms with van der Waals surface area (Å²) in [4.78, 5) is 0. The summed E-state index contributed by atoms with van der Waals surface area (Å²) in [6.45, 7) is 14.4. The second-order valence-electron chi connectivity index (χ2n) is 12.5. The van der Waals surface area contributed by atoms with Gasteiger partial charge in [0.1, 0.15) is 37.1 Å². The second-order valence-corrected chi connectivity index (χ2v) is 16.5. The average Bonchev–Trinajstić information content (AvgIpc) is 3.96. The first-order valence-corrected chi connectivity index (χ1v) is 19.9. The van der Waals surface area contributed by atoms with Crippen molar-refractivity contribution in [3.63, 3.8) is 0 Å². The molecule has 3 heterocycles. The van der Waals surface area contributed by atoms with Crippen molar-refractivity contribution in [2.24, 2.45) is 0 Å². The summed E-state index contributed by atoms with van der Waals surface area (Å²) in [5.74, 6) is 6.41. The van der Waals surface area contributed by atoms with Gasteiger partial charge >= 0.3 is 0 Å². The lowest BCUT2D eigenvalue weighted by Crippen LogP contribution is -2.05. The average molecular weight is 691 g/mol. The SMILES string of the molecule is C=CCc1cc(-c2cc(-c3ccc(OCC4CS4)c(CC=C)c3)cc(-c3ccc(OCC4CS4)c(CC=C)c3)c2)ccc1OCC1CS1. The van der Waals surface area contributed by atoms with Crippen LogP contribution in [0.4, 0.5) is 0 Å². The lowest BCUT2D eigenvalue weighted by Gasteiger charge is -2.17. The van der Waals surface area contributed by atoms with Gasteiger partial charge in [-0.1, -0.05) is 36.4 Å². The monoisotopic (exact) mass is 690 g/mol. The summed E-state index contributed by atoms with van der Waals surface area (Å²) >= 11 is 5.86. The van der Waals surface area contributed by atoms with Crippen LogP contribution in [0.25, 0.3) is 33.4 Å². The molecule has 0 amide bonds. The molecule has 0 spiro atoms. The molecular weight excluding hydrogens is 649 g/mol. The first-order valence-electron chi connectivity index (χ1n) is 16.7. The fraction of sp³-hybridized carbons (Fsp3) is 0.286. The summed E-state index contributed by atoms with van der Waals surface area (Å²) in [5, 5.41) is 1.85. The molecule has 6 heteroatoms. The van der Waals surface area contributed by atoms with Gasteiger partial charge in [-0.3, -0.25) is 0 Å². The van der Waals surface area contributed by atoms with Crippen molar-refractivity contribution < 1.29 is 14.2 Å². The maximum Gasteiger partial charge on any atom is 0.122 e. The minimum absolute atomic E-state index is 0.617. The molecule has 0 N–H and O–H groups in total. The third kappa shape index (κ3) is 8.58. The molecule has 7 rings (SSSR count). The van der Waals surface area contributed by atoms with Gasteiger partial charge in [0.2, 0.25) is 0 Å². The summed E-state index contributed by atoms with van der Waals surface area (Å²) in [7, 11) is 0. The number of thioether (sulfide) groups is 3. The third-order valence-electron chi connectivity index (χ3n) is 8.69. The van der Waals surface area contributed by atoms with Crippen LogP contribution in [-0.4, -0.2) is 52.8 Å². The lowest BCUT2D eigenvalue weighted by atomic mass is 9.91. The molecule has 0 bridgehead atoms. The third-order valence-corrected chi connectivity index (χ3v) is 11.5.